The van der Waals surface area contributed by atoms with Crippen molar-refractivity contribution in [1.29, 1.82) is 0 Å². The number of likely N-dealkylation sites (N-methyl/N-ethyl adjacent to an activating group) is 1. The van der Waals surface area contributed by atoms with Crippen LogP contribution in [0.5, 0.6) is 5.75 Å². The molecule has 0 aliphatic heterocycles. The Hall–Kier alpha value is -1.19. The molecule has 0 bridgehead atoms. The van der Waals surface area contributed by atoms with Crippen molar-refractivity contribution in [2.24, 2.45) is 0 Å². The highest BCUT2D eigenvalue weighted by Crippen LogP contribution is 2.37. The fourth-order valence-electron chi connectivity index (χ4n) is 1.56. The van der Waals surface area contributed by atoms with Crippen LogP contribution in [0.15, 0.2) is 21.1 Å². The maximum absolute atomic E-state index is 11.6. The maximum Gasteiger partial charge on any atom is 0.326 e. The second-order valence-electron chi connectivity index (χ2n) is 3.94. The van der Waals surface area contributed by atoms with E-state index in [0.29, 0.717) is 21.2 Å². The highest BCUT2D eigenvalue weighted by molar-refractivity contribution is 9.11. The van der Waals surface area contributed by atoms with Gasteiger partial charge in [0.1, 0.15) is 18.4 Å². The Labute approximate surface area is 138 Å². The number of non-ortho nitro benzene ring substituents is 1. The third kappa shape index (κ3) is 4.94. The smallest absolute Gasteiger partial charge is 0.326 e. The molecule has 0 aliphatic rings. The quantitative estimate of drug-likeness (QED) is 0.410. The Morgan fingerprint density at radius 3 is 2.43 bits per heavy atom. The summed E-state index contributed by atoms with van der Waals surface area (Å²) >= 11 is 6.43. The Morgan fingerprint density at radius 2 is 2.00 bits per heavy atom. The number of esters is 1. The Balaban J connectivity index is 2.87. The van der Waals surface area contributed by atoms with Crippen molar-refractivity contribution in [2.75, 3.05) is 20.3 Å². The van der Waals surface area contributed by atoms with Crippen LogP contribution < -0.4 is 10.1 Å². The Bertz CT molecular complexity index is 515. The van der Waals surface area contributed by atoms with E-state index in [1.807, 2.05) is 6.92 Å². The fourth-order valence-corrected chi connectivity index (χ4v) is 2.95. The van der Waals surface area contributed by atoms with Crippen molar-refractivity contribution < 1.29 is 19.2 Å². The minimum absolute atomic E-state index is 0.0372. The van der Waals surface area contributed by atoms with Gasteiger partial charge in [-0.1, -0.05) is 6.92 Å². The third-order valence-electron chi connectivity index (χ3n) is 2.52. The molecule has 1 atom stereocenters. The summed E-state index contributed by atoms with van der Waals surface area (Å²) in [5.41, 5.74) is -0.0719. The topological polar surface area (TPSA) is 90.7 Å². The molecule has 21 heavy (non-hydrogen) atoms. The van der Waals surface area contributed by atoms with Gasteiger partial charge in [-0.3, -0.25) is 14.9 Å². The van der Waals surface area contributed by atoms with Crippen molar-refractivity contribution in [3.63, 3.8) is 0 Å². The number of nitrogens with one attached hydrogen (secondary N) is 1. The molecule has 0 saturated carbocycles. The lowest BCUT2D eigenvalue weighted by Gasteiger charge is -2.17. The van der Waals surface area contributed by atoms with Crippen molar-refractivity contribution >= 4 is 43.5 Å². The molecule has 1 unspecified atom stereocenters. The lowest BCUT2D eigenvalue weighted by molar-refractivity contribution is -0.385. The summed E-state index contributed by atoms with van der Waals surface area (Å²) < 4.78 is 11.1. The van der Waals surface area contributed by atoms with Gasteiger partial charge in [-0.05, 0) is 38.4 Å². The van der Waals surface area contributed by atoms with Gasteiger partial charge in [0.2, 0.25) is 0 Å². The first kappa shape index (κ1) is 17.9. The Kier molecular flexibility index (Phi) is 7.06. The molecule has 0 heterocycles. The summed E-state index contributed by atoms with van der Waals surface area (Å²) in [5.74, 6) is -0.0570. The molecule has 0 spiro atoms. The third-order valence-corrected chi connectivity index (χ3v) is 3.70. The zero-order valence-electron chi connectivity index (χ0n) is 11.4. The first-order valence-corrected chi connectivity index (χ1v) is 7.56. The molecule has 0 aliphatic carbocycles. The number of halogens is 2. The number of benzene rings is 1. The van der Waals surface area contributed by atoms with E-state index in [4.69, 9.17) is 4.74 Å². The van der Waals surface area contributed by atoms with E-state index in [1.54, 1.807) is 0 Å². The predicted octanol–water partition coefficient (Wildman–Crippen LogP) is 2.65. The summed E-state index contributed by atoms with van der Waals surface area (Å²) in [6.07, 6.45) is 0. The van der Waals surface area contributed by atoms with Crippen LogP contribution in [0.2, 0.25) is 0 Å². The minimum atomic E-state index is -0.617. The minimum Gasteiger partial charge on any atom is -0.489 e. The van der Waals surface area contributed by atoms with Crippen LogP contribution in [0.3, 0.4) is 0 Å². The SMILES string of the molecule is CCNC(COc1c(Br)cc([N+](=O)[O-])cc1Br)C(=O)OC. The average Bonchev–Trinajstić information content (AvgIpc) is 2.44. The van der Waals surface area contributed by atoms with Gasteiger partial charge in [0.15, 0.2) is 0 Å². The molecule has 0 radical (unpaired) electrons. The second-order valence-corrected chi connectivity index (χ2v) is 5.65. The van der Waals surface area contributed by atoms with Gasteiger partial charge >= 0.3 is 5.97 Å². The number of hydrogen-bond acceptors (Lipinski definition) is 6. The molecule has 0 aromatic heterocycles. The summed E-state index contributed by atoms with van der Waals surface area (Å²) in [7, 11) is 1.30. The molecule has 0 saturated heterocycles. The molecule has 9 heteroatoms. The van der Waals surface area contributed by atoms with Crippen LogP contribution in [0, 0.1) is 10.1 Å². The standard InChI is InChI=1S/C12H14Br2N2O5/c1-3-15-10(12(17)20-2)6-21-11-8(13)4-7(16(18)19)5-9(11)14/h4-5,10,15H,3,6H2,1-2H3. The highest BCUT2D eigenvalue weighted by Gasteiger charge is 2.21. The summed E-state index contributed by atoms with van der Waals surface area (Å²) in [6.45, 7) is 2.47. The maximum atomic E-state index is 11.6. The van der Waals surface area contributed by atoms with Crippen LogP contribution >= 0.6 is 31.9 Å². The number of methoxy groups -OCH3 is 1. The lowest BCUT2D eigenvalue weighted by atomic mass is 10.3. The van der Waals surface area contributed by atoms with E-state index < -0.39 is 16.9 Å². The largest absolute Gasteiger partial charge is 0.489 e. The van der Waals surface area contributed by atoms with Crippen LogP contribution in [0.25, 0.3) is 0 Å². The predicted molar refractivity (Wildman–Crippen MR) is 83.5 cm³/mol. The zero-order valence-corrected chi connectivity index (χ0v) is 14.6. The van der Waals surface area contributed by atoms with Crippen LogP contribution in [0.4, 0.5) is 5.69 Å². The van der Waals surface area contributed by atoms with Crippen molar-refractivity contribution in [1.82, 2.24) is 5.32 Å². The summed E-state index contributed by atoms with van der Waals surface area (Å²) in [5, 5.41) is 13.7. The van der Waals surface area contributed by atoms with Gasteiger partial charge < -0.3 is 14.8 Å². The Morgan fingerprint density at radius 1 is 1.43 bits per heavy atom. The van der Waals surface area contributed by atoms with E-state index in [0.717, 1.165) is 0 Å². The molecule has 1 N–H and O–H groups in total. The normalized spacial score (nSPS) is 11.8. The van der Waals surface area contributed by atoms with E-state index in [-0.39, 0.29) is 12.3 Å². The molecule has 7 nitrogen and oxygen atoms in total. The number of carbonyl (C=O) groups is 1. The monoisotopic (exact) mass is 424 g/mol. The average molecular weight is 426 g/mol. The zero-order chi connectivity index (χ0) is 16.0. The van der Waals surface area contributed by atoms with E-state index in [2.05, 4.69) is 41.9 Å². The molecule has 1 rings (SSSR count). The highest BCUT2D eigenvalue weighted by atomic mass is 79.9. The first-order chi connectivity index (χ1) is 9.90. The number of nitro benzene ring substituents is 1. The number of ether oxygens (including phenoxy) is 2. The van der Waals surface area contributed by atoms with Gasteiger partial charge in [-0.15, -0.1) is 0 Å². The van der Waals surface area contributed by atoms with E-state index in [1.165, 1.54) is 19.2 Å². The van der Waals surface area contributed by atoms with Crippen LogP contribution in [-0.4, -0.2) is 37.2 Å². The summed E-state index contributed by atoms with van der Waals surface area (Å²) in [4.78, 5) is 21.8. The number of hydrogen-bond donors (Lipinski definition) is 1. The second kappa shape index (κ2) is 8.30. The van der Waals surface area contributed by atoms with Gasteiger partial charge in [-0.25, -0.2) is 0 Å². The molecule has 1 aromatic rings. The van der Waals surface area contributed by atoms with Gasteiger partial charge in [0.05, 0.1) is 21.0 Å². The van der Waals surface area contributed by atoms with E-state index in [9.17, 15) is 14.9 Å². The molecular formula is C12H14Br2N2O5. The van der Waals surface area contributed by atoms with Crippen molar-refractivity contribution in [2.45, 2.75) is 13.0 Å². The number of rotatable bonds is 7. The van der Waals surface area contributed by atoms with Gasteiger partial charge in [0.25, 0.3) is 5.69 Å². The van der Waals surface area contributed by atoms with Crippen LogP contribution in [0.1, 0.15) is 6.92 Å². The lowest BCUT2D eigenvalue weighted by Crippen LogP contribution is -2.42. The molecule has 0 fully saturated rings. The summed E-state index contributed by atoms with van der Waals surface area (Å²) in [6, 6.07) is 2.05. The number of nitro groups is 1. The first-order valence-electron chi connectivity index (χ1n) is 5.98. The molecular weight excluding hydrogens is 412 g/mol. The number of carbonyl (C=O) groups excluding carboxylic acids is 1. The molecule has 0 amide bonds. The van der Waals surface area contributed by atoms with Gasteiger partial charge in [0, 0.05) is 12.1 Å². The fraction of sp³-hybridized carbons (Fsp3) is 0.417. The van der Waals surface area contributed by atoms with E-state index >= 15 is 0 Å². The molecule has 116 valence electrons. The molecule has 1 aromatic carbocycles. The van der Waals surface area contributed by atoms with Crippen molar-refractivity contribution in [3.8, 4) is 5.75 Å². The van der Waals surface area contributed by atoms with Crippen LogP contribution in [-0.2, 0) is 9.53 Å². The van der Waals surface area contributed by atoms with Gasteiger partial charge in [-0.2, -0.15) is 0 Å². The number of nitrogens with zero attached hydrogens (tertiary/aromatic N) is 1. The van der Waals surface area contributed by atoms with Crippen molar-refractivity contribution in [3.05, 3.63) is 31.2 Å².